The molecule has 134 valence electrons. The van der Waals surface area contributed by atoms with Crippen LogP contribution in [-0.4, -0.2) is 60.6 Å². The van der Waals surface area contributed by atoms with Crippen LogP contribution in [0.3, 0.4) is 0 Å². The summed E-state index contributed by atoms with van der Waals surface area (Å²) in [7, 11) is 0. The molecule has 3 saturated heterocycles. The number of hydrogen-bond acceptors (Lipinski definition) is 6. The number of aliphatic hydroxyl groups is 1. The van der Waals surface area contributed by atoms with Gasteiger partial charge >= 0.3 is 0 Å². The van der Waals surface area contributed by atoms with Crippen LogP contribution in [-0.2, 0) is 4.74 Å². The molecule has 0 spiro atoms. The van der Waals surface area contributed by atoms with E-state index in [1.807, 2.05) is 0 Å². The molecule has 3 aliphatic heterocycles. The van der Waals surface area contributed by atoms with Crippen LogP contribution >= 0.6 is 0 Å². The fraction of sp³-hybridized carbons (Fsp3) is 0.684. The number of nitrogens with zero attached hydrogens (tertiary/aromatic N) is 4. The first-order valence-corrected chi connectivity index (χ1v) is 9.56. The Morgan fingerprint density at radius 3 is 2.40 bits per heavy atom. The molecular weight excluding hydrogens is 316 g/mol. The fourth-order valence-corrected chi connectivity index (χ4v) is 4.54. The van der Waals surface area contributed by atoms with Crippen molar-refractivity contribution in [3.05, 3.63) is 23.9 Å². The number of aliphatic hydroxyl groups excluding tert-OH is 1. The van der Waals surface area contributed by atoms with Gasteiger partial charge in [-0.1, -0.05) is 12.2 Å². The number of aromatic nitrogens is 2. The molecule has 1 aromatic heterocycles. The zero-order valence-corrected chi connectivity index (χ0v) is 14.5. The van der Waals surface area contributed by atoms with Crippen molar-refractivity contribution in [1.29, 1.82) is 0 Å². The summed E-state index contributed by atoms with van der Waals surface area (Å²) < 4.78 is 5.58. The molecule has 1 aliphatic carbocycles. The average Bonchev–Trinajstić information content (AvgIpc) is 3.28. The minimum atomic E-state index is -0.244. The van der Waals surface area contributed by atoms with Gasteiger partial charge in [0.1, 0.15) is 5.82 Å². The van der Waals surface area contributed by atoms with Gasteiger partial charge in [-0.15, -0.1) is 0 Å². The van der Waals surface area contributed by atoms with E-state index in [0.29, 0.717) is 19.0 Å². The first-order chi connectivity index (χ1) is 12.3. The number of allylic oxidation sites excluding steroid dienone is 2. The smallest absolute Gasteiger partial charge is 0.227 e. The molecule has 5 rings (SSSR count). The Kier molecular flexibility index (Phi) is 3.90. The van der Waals surface area contributed by atoms with Crippen molar-refractivity contribution < 1.29 is 9.84 Å². The van der Waals surface area contributed by atoms with Crippen LogP contribution in [0, 0.1) is 11.8 Å². The number of ether oxygens (including phenoxy) is 1. The topological polar surface area (TPSA) is 61.7 Å². The van der Waals surface area contributed by atoms with Gasteiger partial charge in [0.2, 0.25) is 5.95 Å². The molecule has 3 fully saturated rings. The van der Waals surface area contributed by atoms with Crippen molar-refractivity contribution in [2.24, 2.45) is 11.8 Å². The normalized spacial score (nSPS) is 32.1. The standard InChI is InChI=1S/C19H26N4O2/c24-16-10-23(11-16)19-20-17(15-5-6-25-12-15)7-18(21-19)22-8-13-3-1-2-4-14(13)9-22/h1-2,7,13-16,24H,3-6,8-12H2/t13-,14+,15-/m1/s1. The maximum Gasteiger partial charge on any atom is 0.227 e. The largest absolute Gasteiger partial charge is 0.389 e. The maximum absolute atomic E-state index is 9.65. The minimum Gasteiger partial charge on any atom is -0.389 e. The van der Waals surface area contributed by atoms with E-state index in [1.54, 1.807) is 0 Å². The molecule has 0 amide bonds. The second kappa shape index (κ2) is 6.25. The Balaban J connectivity index is 1.43. The Bertz CT molecular complexity index is 651. The number of anilines is 2. The van der Waals surface area contributed by atoms with Gasteiger partial charge in [0.05, 0.1) is 18.4 Å². The molecule has 3 atom stereocenters. The molecule has 0 aromatic carbocycles. The van der Waals surface area contributed by atoms with E-state index in [-0.39, 0.29) is 6.10 Å². The van der Waals surface area contributed by atoms with Crippen molar-refractivity contribution in [3.63, 3.8) is 0 Å². The molecular formula is C19H26N4O2. The molecule has 0 unspecified atom stereocenters. The van der Waals surface area contributed by atoms with Crippen molar-refractivity contribution in [2.45, 2.75) is 31.3 Å². The van der Waals surface area contributed by atoms with Gasteiger partial charge in [0.25, 0.3) is 0 Å². The second-order valence-corrected chi connectivity index (χ2v) is 7.94. The van der Waals surface area contributed by atoms with E-state index in [9.17, 15) is 5.11 Å². The fourth-order valence-electron chi connectivity index (χ4n) is 4.54. The molecule has 6 nitrogen and oxygen atoms in total. The zero-order valence-electron chi connectivity index (χ0n) is 14.5. The molecule has 4 heterocycles. The van der Waals surface area contributed by atoms with Crippen molar-refractivity contribution in [3.8, 4) is 0 Å². The van der Waals surface area contributed by atoms with Crippen LogP contribution in [0.4, 0.5) is 11.8 Å². The highest BCUT2D eigenvalue weighted by atomic mass is 16.5. The predicted octanol–water partition coefficient (Wildman–Crippen LogP) is 1.56. The van der Waals surface area contributed by atoms with E-state index in [0.717, 1.165) is 62.0 Å². The van der Waals surface area contributed by atoms with Gasteiger partial charge in [-0.3, -0.25) is 0 Å². The van der Waals surface area contributed by atoms with E-state index in [4.69, 9.17) is 14.7 Å². The van der Waals surface area contributed by atoms with E-state index >= 15 is 0 Å². The maximum atomic E-state index is 9.65. The molecule has 0 saturated carbocycles. The molecule has 0 bridgehead atoms. The van der Waals surface area contributed by atoms with Gasteiger partial charge in [0, 0.05) is 44.8 Å². The summed E-state index contributed by atoms with van der Waals surface area (Å²) in [6, 6.07) is 2.18. The lowest BCUT2D eigenvalue weighted by Crippen LogP contribution is -2.51. The summed E-state index contributed by atoms with van der Waals surface area (Å²) in [5.74, 6) is 3.72. The molecule has 6 heteroatoms. The highest BCUT2D eigenvalue weighted by Crippen LogP contribution is 2.36. The van der Waals surface area contributed by atoms with E-state index < -0.39 is 0 Å². The second-order valence-electron chi connectivity index (χ2n) is 7.94. The summed E-state index contributed by atoms with van der Waals surface area (Å²) in [6.45, 7) is 5.04. The summed E-state index contributed by atoms with van der Waals surface area (Å²) in [5.41, 5.74) is 1.10. The molecule has 4 aliphatic rings. The SMILES string of the molecule is OC1CN(c2nc([C@@H]3CCOC3)cc(N3C[C@H]4CC=CC[C@H]4C3)n2)C1. The Morgan fingerprint density at radius 2 is 1.76 bits per heavy atom. The number of fused-ring (bicyclic) bond motifs is 1. The van der Waals surface area contributed by atoms with Gasteiger partial charge in [-0.05, 0) is 31.1 Å². The monoisotopic (exact) mass is 342 g/mol. The quantitative estimate of drug-likeness (QED) is 0.842. The van der Waals surface area contributed by atoms with Gasteiger partial charge in [0.15, 0.2) is 0 Å². The van der Waals surface area contributed by atoms with Crippen LogP contribution in [0.2, 0.25) is 0 Å². The Morgan fingerprint density at radius 1 is 1.00 bits per heavy atom. The van der Waals surface area contributed by atoms with Crippen LogP contribution in [0.5, 0.6) is 0 Å². The lowest BCUT2D eigenvalue weighted by Gasteiger charge is -2.36. The van der Waals surface area contributed by atoms with Gasteiger partial charge in [-0.2, -0.15) is 4.98 Å². The summed E-state index contributed by atoms with van der Waals surface area (Å²) >= 11 is 0. The van der Waals surface area contributed by atoms with Crippen LogP contribution in [0.1, 0.15) is 30.9 Å². The lowest BCUT2D eigenvalue weighted by atomic mass is 9.86. The third-order valence-corrected chi connectivity index (χ3v) is 6.16. The third kappa shape index (κ3) is 2.91. The van der Waals surface area contributed by atoms with Crippen molar-refractivity contribution >= 4 is 11.8 Å². The van der Waals surface area contributed by atoms with Crippen LogP contribution in [0.15, 0.2) is 18.2 Å². The van der Waals surface area contributed by atoms with Crippen molar-refractivity contribution in [2.75, 3.05) is 49.2 Å². The summed E-state index contributed by atoms with van der Waals surface area (Å²) in [4.78, 5) is 14.2. The minimum absolute atomic E-state index is 0.244. The number of rotatable bonds is 3. The van der Waals surface area contributed by atoms with E-state index in [2.05, 4.69) is 28.0 Å². The number of hydrogen-bond donors (Lipinski definition) is 1. The van der Waals surface area contributed by atoms with E-state index in [1.165, 1.54) is 12.8 Å². The lowest BCUT2D eigenvalue weighted by molar-refractivity contribution is 0.140. The van der Waals surface area contributed by atoms with Gasteiger partial charge < -0.3 is 19.6 Å². The summed E-state index contributed by atoms with van der Waals surface area (Å²) in [5, 5.41) is 9.65. The first kappa shape index (κ1) is 15.6. The zero-order chi connectivity index (χ0) is 16.8. The highest BCUT2D eigenvalue weighted by molar-refractivity contribution is 5.49. The average molecular weight is 342 g/mol. The Hall–Kier alpha value is -1.66. The van der Waals surface area contributed by atoms with Crippen LogP contribution < -0.4 is 9.80 Å². The molecule has 25 heavy (non-hydrogen) atoms. The third-order valence-electron chi connectivity index (χ3n) is 6.16. The predicted molar refractivity (Wildman–Crippen MR) is 96.0 cm³/mol. The van der Waals surface area contributed by atoms with Crippen LogP contribution in [0.25, 0.3) is 0 Å². The molecule has 0 radical (unpaired) electrons. The first-order valence-electron chi connectivity index (χ1n) is 9.56. The van der Waals surface area contributed by atoms with Gasteiger partial charge in [-0.25, -0.2) is 4.98 Å². The Labute approximate surface area is 148 Å². The summed E-state index contributed by atoms with van der Waals surface area (Å²) in [6.07, 6.45) is 7.85. The van der Waals surface area contributed by atoms with Crippen molar-refractivity contribution in [1.82, 2.24) is 9.97 Å². The highest BCUT2D eigenvalue weighted by Gasteiger charge is 2.35. The molecule has 1 N–H and O–H groups in total. The molecule has 1 aromatic rings. The number of β-amino-alcohol motifs (C(OH)–C–C–N with tert-alkyl or cyclic N) is 1.